The number of para-hydroxylation sites is 1. The monoisotopic (exact) mass is 377 g/mol. The van der Waals surface area contributed by atoms with Crippen LogP contribution >= 0.6 is 0 Å². The van der Waals surface area contributed by atoms with Gasteiger partial charge in [0.05, 0.1) is 11.6 Å². The fourth-order valence-electron chi connectivity index (χ4n) is 3.02. The van der Waals surface area contributed by atoms with Crippen molar-refractivity contribution in [2.45, 2.75) is 25.2 Å². The van der Waals surface area contributed by atoms with Crippen molar-refractivity contribution in [3.05, 3.63) is 71.4 Å². The molecule has 0 radical (unpaired) electrons. The SMILES string of the molecule is N[C@@H](Cc1cn(Cc2ccc(C(F)(F)F)cc2)c2ccccc12)C(=O)NO. The molecular weight excluding hydrogens is 359 g/mol. The van der Waals surface area contributed by atoms with Gasteiger partial charge < -0.3 is 10.3 Å². The van der Waals surface area contributed by atoms with Crippen LogP contribution in [0.2, 0.25) is 0 Å². The van der Waals surface area contributed by atoms with Gasteiger partial charge in [-0.1, -0.05) is 30.3 Å². The first-order chi connectivity index (χ1) is 12.8. The first-order valence-corrected chi connectivity index (χ1v) is 8.22. The Kier molecular flexibility index (Phi) is 5.20. The number of fused-ring (bicyclic) bond motifs is 1. The first-order valence-electron chi connectivity index (χ1n) is 8.22. The van der Waals surface area contributed by atoms with Crippen LogP contribution in [-0.2, 0) is 23.9 Å². The summed E-state index contributed by atoms with van der Waals surface area (Å²) < 4.78 is 40.0. The number of hydroxylamine groups is 1. The van der Waals surface area contributed by atoms with Crippen LogP contribution in [0.4, 0.5) is 13.2 Å². The van der Waals surface area contributed by atoms with Gasteiger partial charge in [-0.15, -0.1) is 0 Å². The van der Waals surface area contributed by atoms with E-state index in [4.69, 9.17) is 10.9 Å². The van der Waals surface area contributed by atoms with Gasteiger partial charge in [0.15, 0.2) is 0 Å². The van der Waals surface area contributed by atoms with Crippen molar-refractivity contribution in [1.82, 2.24) is 10.0 Å². The van der Waals surface area contributed by atoms with E-state index in [1.54, 1.807) is 0 Å². The third-order valence-electron chi connectivity index (χ3n) is 4.39. The fraction of sp³-hybridized carbons (Fsp3) is 0.211. The summed E-state index contributed by atoms with van der Waals surface area (Å²) in [5.41, 5.74) is 9.03. The molecule has 1 amide bonds. The van der Waals surface area contributed by atoms with Crippen molar-refractivity contribution in [1.29, 1.82) is 0 Å². The number of amides is 1. The first kappa shape index (κ1) is 18.9. The van der Waals surface area contributed by atoms with Crippen LogP contribution in [0.3, 0.4) is 0 Å². The van der Waals surface area contributed by atoms with E-state index in [0.29, 0.717) is 12.1 Å². The topological polar surface area (TPSA) is 80.3 Å². The number of hydrogen-bond acceptors (Lipinski definition) is 3. The fourth-order valence-corrected chi connectivity index (χ4v) is 3.02. The van der Waals surface area contributed by atoms with E-state index in [1.165, 1.54) is 17.6 Å². The van der Waals surface area contributed by atoms with E-state index in [-0.39, 0.29) is 6.42 Å². The van der Waals surface area contributed by atoms with Gasteiger partial charge in [-0.3, -0.25) is 10.0 Å². The van der Waals surface area contributed by atoms with Crippen LogP contribution in [0.15, 0.2) is 54.7 Å². The summed E-state index contributed by atoms with van der Waals surface area (Å²) in [6, 6.07) is 11.6. The molecule has 27 heavy (non-hydrogen) atoms. The van der Waals surface area contributed by atoms with E-state index in [0.717, 1.165) is 28.6 Å². The number of carbonyl (C=O) groups excluding carboxylic acids is 1. The lowest BCUT2D eigenvalue weighted by Gasteiger charge is -2.09. The number of hydrogen-bond donors (Lipinski definition) is 3. The number of aromatic nitrogens is 1. The molecule has 0 aliphatic heterocycles. The summed E-state index contributed by atoms with van der Waals surface area (Å²) in [4.78, 5) is 11.5. The van der Waals surface area contributed by atoms with Crippen molar-refractivity contribution < 1.29 is 23.2 Å². The van der Waals surface area contributed by atoms with Crippen LogP contribution in [0, 0.1) is 0 Å². The molecule has 0 aliphatic carbocycles. The van der Waals surface area contributed by atoms with E-state index in [9.17, 15) is 18.0 Å². The molecule has 0 unspecified atom stereocenters. The molecule has 3 rings (SSSR count). The van der Waals surface area contributed by atoms with Gasteiger partial charge in [0, 0.05) is 23.6 Å². The zero-order chi connectivity index (χ0) is 19.6. The molecule has 0 saturated carbocycles. The third kappa shape index (κ3) is 4.12. The molecule has 8 heteroatoms. The average Bonchev–Trinajstić information content (AvgIpc) is 2.98. The summed E-state index contributed by atoms with van der Waals surface area (Å²) in [5, 5.41) is 9.61. The van der Waals surface area contributed by atoms with Crippen molar-refractivity contribution in [3.63, 3.8) is 0 Å². The molecule has 0 fully saturated rings. The Bertz CT molecular complexity index is 949. The van der Waals surface area contributed by atoms with Crippen molar-refractivity contribution in [2.75, 3.05) is 0 Å². The average molecular weight is 377 g/mol. The number of nitrogens with one attached hydrogen (secondary N) is 1. The Morgan fingerprint density at radius 3 is 2.44 bits per heavy atom. The minimum atomic E-state index is -4.37. The summed E-state index contributed by atoms with van der Waals surface area (Å²) in [6.07, 6.45) is -2.32. The van der Waals surface area contributed by atoms with Gasteiger partial charge in [0.2, 0.25) is 0 Å². The Balaban J connectivity index is 1.90. The predicted octanol–water partition coefficient (Wildman–Crippen LogP) is 3.08. The number of carbonyl (C=O) groups is 1. The minimum Gasteiger partial charge on any atom is -0.343 e. The number of benzene rings is 2. The van der Waals surface area contributed by atoms with Gasteiger partial charge in [-0.05, 0) is 35.7 Å². The smallest absolute Gasteiger partial charge is 0.343 e. The minimum absolute atomic E-state index is 0.215. The zero-order valence-electron chi connectivity index (χ0n) is 14.2. The van der Waals surface area contributed by atoms with Crippen LogP contribution in [-0.4, -0.2) is 21.7 Å². The van der Waals surface area contributed by atoms with E-state index >= 15 is 0 Å². The summed E-state index contributed by atoms with van der Waals surface area (Å²) >= 11 is 0. The lowest BCUT2D eigenvalue weighted by Crippen LogP contribution is -2.40. The Morgan fingerprint density at radius 2 is 1.81 bits per heavy atom. The molecule has 1 heterocycles. The largest absolute Gasteiger partial charge is 0.416 e. The lowest BCUT2D eigenvalue weighted by atomic mass is 10.1. The molecule has 0 bridgehead atoms. The van der Waals surface area contributed by atoms with Crippen LogP contribution in [0.1, 0.15) is 16.7 Å². The molecule has 0 saturated heterocycles. The molecule has 1 atom stereocenters. The predicted molar refractivity (Wildman–Crippen MR) is 94.1 cm³/mol. The molecule has 0 spiro atoms. The summed E-state index contributed by atoms with van der Waals surface area (Å²) in [7, 11) is 0. The second-order valence-corrected chi connectivity index (χ2v) is 6.28. The van der Waals surface area contributed by atoms with Gasteiger partial charge in [0.1, 0.15) is 0 Å². The second-order valence-electron chi connectivity index (χ2n) is 6.28. The maximum Gasteiger partial charge on any atom is 0.416 e. The third-order valence-corrected chi connectivity index (χ3v) is 4.39. The molecule has 142 valence electrons. The molecular formula is C19H18F3N3O2. The van der Waals surface area contributed by atoms with E-state index in [2.05, 4.69) is 0 Å². The highest BCUT2D eigenvalue weighted by atomic mass is 19.4. The van der Waals surface area contributed by atoms with Crippen LogP contribution in [0.25, 0.3) is 10.9 Å². The lowest BCUT2D eigenvalue weighted by molar-refractivity contribution is -0.137. The van der Waals surface area contributed by atoms with Gasteiger partial charge >= 0.3 is 6.18 Å². The van der Waals surface area contributed by atoms with Crippen molar-refractivity contribution >= 4 is 16.8 Å². The van der Waals surface area contributed by atoms with Crippen molar-refractivity contribution in [2.24, 2.45) is 5.73 Å². The highest BCUT2D eigenvalue weighted by Gasteiger charge is 2.29. The number of alkyl halides is 3. The Hall–Kier alpha value is -2.84. The maximum atomic E-state index is 12.7. The number of rotatable bonds is 5. The van der Waals surface area contributed by atoms with Crippen LogP contribution < -0.4 is 11.2 Å². The quantitative estimate of drug-likeness (QED) is 0.472. The van der Waals surface area contributed by atoms with E-state index in [1.807, 2.05) is 35.0 Å². The highest BCUT2D eigenvalue weighted by Crippen LogP contribution is 2.29. The molecule has 3 aromatic rings. The van der Waals surface area contributed by atoms with Gasteiger partial charge in [-0.2, -0.15) is 13.2 Å². The standard InChI is InChI=1S/C19H18F3N3O2/c20-19(21,22)14-7-5-12(6-8-14)10-25-11-13(9-16(23)18(26)24-27)15-3-1-2-4-17(15)25/h1-8,11,16,27H,9-10,23H2,(H,24,26)/t16-/m0/s1. The second kappa shape index (κ2) is 7.42. The van der Waals surface area contributed by atoms with Crippen molar-refractivity contribution in [3.8, 4) is 0 Å². The maximum absolute atomic E-state index is 12.7. The molecule has 4 N–H and O–H groups in total. The Labute approximate surface area is 153 Å². The normalized spacial score (nSPS) is 12.9. The molecule has 1 aromatic heterocycles. The zero-order valence-corrected chi connectivity index (χ0v) is 14.2. The summed E-state index contributed by atoms with van der Waals surface area (Å²) in [5.74, 6) is -0.686. The van der Waals surface area contributed by atoms with Gasteiger partial charge in [-0.25, -0.2) is 5.48 Å². The van der Waals surface area contributed by atoms with Crippen LogP contribution in [0.5, 0.6) is 0 Å². The number of nitrogens with two attached hydrogens (primary N) is 1. The number of halogens is 3. The Morgan fingerprint density at radius 1 is 1.15 bits per heavy atom. The van der Waals surface area contributed by atoms with Gasteiger partial charge in [0.25, 0.3) is 5.91 Å². The molecule has 0 aliphatic rings. The summed E-state index contributed by atoms with van der Waals surface area (Å²) in [6.45, 7) is 0.375. The highest BCUT2D eigenvalue weighted by molar-refractivity contribution is 5.86. The molecule has 2 aromatic carbocycles. The molecule has 5 nitrogen and oxygen atoms in total. The van der Waals surface area contributed by atoms with E-state index < -0.39 is 23.7 Å². The number of nitrogens with zero attached hydrogens (tertiary/aromatic N) is 1.